The summed E-state index contributed by atoms with van der Waals surface area (Å²) in [5.41, 5.74) is 0. The summed E-state index contributed by atoms with van der Waals surface area (Å²) in [6.07, 6.45) is 0. The molecule has 2 aliphatic heterocycles. The van der Waals surface area contributed by atoms with Gasteiger partial charge in [-0.15, -0.1) is 47.0 Å². The van der Waals surface area contributed by atoms with E-state index in [0.29, 0.717) is 0 Å². The van der Waals surface area contributed by atoms with E-state index >= 15 is 0 Å². The van der Waals surface area contributed by atoms with E-state index in [1.54, 1.807) is 0 Å². The van der Waals surface area contributed by atoms with Crippen molar-refractivity contribution < 1.29 is 0 Å². The summed E-state index contributed by atoms with van der Waals surface area (Å²) in [5, 5.41) is 2.35. The first-order valence-electron chi connectivity index (χ1n) is 3.74. The molecule has 0 N–H and O–H groups in total. The molecular weight excluding hydrogens is 304 g/mol. The quantitative estimate of drug-likeness (QED) is 0.677. The van der Waals surface area contributed by atoms with E-state index in [0.717, 1.165) is 0 Å². The molecule has 1 aromatic carbocycles. The predicted molar refractivity (Wildman–Crippen MR) is 67.3 cm³/mol. The standard InChI is InChI=1S/C8H5BrS4/c9-6-7-4(10-2-12-7)1-5-8(6)13-3-11-5/h1H,2-3H2. The minimum Gasteiger partial charge on any atom is -0.114 e. The monoisotopic (exact) mass is 308 g/mol. The zero-order chi connectivity index (χ0) is 8.84. The smallest absolute Gasteiger partial charge is 0.0488 e. The molecule has 0 aliphatic carbocycles. The van der Waals surface area contributed by atoms with Crippen molar-refractivity contribution in [3.63, 3.8) is 0 Å². The van der Waals surface area contributed by atoms with E-state index in [9.17, 15) is 0 Å². The lowest BCUT2D eigenvalue weighted by Gasteiger charge is -2.05. The number of benzene rings is 1. The fourth-order valence-corrected chi connectivity index (χ4v) is 7.74. The number of hydrogen-bond acceptors (Lipinski definition) is 4. The third-order valence-corrected chi connectivity index (χ3v) is 8.10. The van der Waals surface area contributed by atoms with Crippen LogP contribution in [0.5, 0.6) is 0 Å². The van der Waals surface area contributed by atoms with Crippen molar-refractivity contribution in [1.29, 1.82) is 0 Å². The van der Waals surface area contributed by atoms with Crippen LogP contribution in [0, 0.1) is 0 Å². The molecule has 13 heavy (non-hydrogen) atoms. The van der Waals surface area contributed by atoms with Crippen LogP contribution < -0.4 is 0 Å². The molecule has 0 saturated carbocycles. The van der Waals surface area contributed by atoms with Crippen LogP contribution in [-0.2, 0) is 0 Å². The molecule has 0 radical (unpaired) electrons. The van der Waals surface area contributed by atoms with Gasteiger partial charge in [0.25, 0.3) is 0 Å². The summed E-state index contributed by atoms with van der Waals surface area (Å²) in [6, 6.07) is 2.35. The lowest BCUT2D eigenvalue weighted by Crippen LogP contribution is -1.79. The van der Waals surface area contributed by atoms with Gasteiger partial charge in [0.2, 0.25) is 0 Å². The Morgan fingerprint density at radius 1 is 0.923 bits per heavy atom. The van der Waals surface area contributed by atoms with Gasteiger partial charge in [-0.05, 0) is 22.0 Å². The number of fused-ring (bicyclic) bond motifs is 2. The van der Waals surface area contributed by atoms with Crippen molar-refractivity contribution in [1.82, 2.24) is 0 Å². The third-order valence-electron chi connectivity index (χ3n) is 1.94. The highest BCUT2D eigenvalue weighted by atomic mass is 79.9. The maximum absolute atomic E-state index is 3.71. The molecule has 0 amide bonds. The normalized spacial score (nSPS) is 18.8. The van der Waals surface area contributed by atoms with Gasteiger partial charge in [-0.2, -0.15) is 0 Å². The van der Waals surface area contributed by atoms with Gasteiger partial charge in [0, 0.05) is 34.2 Å². The topological polar surface area (TPSA) is 0 Å². The number of thioether (sulfide) groups is 4. The van der Waals surface area contributed by atoms with Crippen molar-refractivity contribution in [2.75, 3.05) is 10.2 Å². The van der Waals surface area contributed by atoms with Crippen LogP contribution in [0.3, 0.4) is 0 Å². The second-order valence-corrected chi connectivity index (χ2v) is 8.19. The van der Waals surface area contributed by atoms with Gasteiger partial charge in [0.1, 0.15) is 0 Å². The Hall–Kier alpha value is 1.10. The lowest BCUT2D eigenvalue weighted by atomic mass is 10.3. The first-order valence-corrected chi connectivity index (χ1v) is 8.47. The molecule has 0 saturated heterocycles. The highest BCUT2D eigenvalue weighted by Crippen LogP contribution is 2.55. The molecule has 68 valence electrons. The molecule has 3 rings (SSSR count). The molecule has 0 fully saturated rings. The first-order chi connectivity index (χ1) is 6.36. The number of rotatable bonds is 0. The minimum atomic E-state index is 1.17. The molecule has 0 aromatic heterocycles. The van der Waals surface area contributed by atoms with Crippen molar-refractivity contribution in [3.8, 4) is 0 Å². The zero-order valence-electron chi connectivity index (χ0n) is 6.50. The van der Waals surface area contributed by atoms with Crippen LogP contribution in [-0.4, -0.2) is 10.2 Å². The summed E-state index contributed by atoms with van der Waals surface area (Å²) in [4.78, 5) is 5.84. The lowest BCUT2D eigenvalue weighted by molar-refractivity contribution is 1.07. The maximum Gasteiger partial charge on any atom is 0.0488 e. The van der Waals surface area contributed by atoms with Gasteiger partial charge in [0.15, 0.2) is 0 Å². The highest BCUT2D eigenvalue weighted by Gasteiger charge is 2.24. The Morgan fingerprint density at radius 3 is 2.00 bits per heavy atom. The molecule has 0 unspecified atom stereocenters. The van der Waals surface area contributed by atoms with Gasteiger partial charge in [-0.3, -0.25) is 0 Å². The van der Waals surface area contributed by atoms with Gasteiger partial charge < -0.3 is 0 Å². The summed E-state index contributed by atoms with van der Waals surface area (Å²) in [6.45, 7) is 0. The Labute approximate surface area is 103 Å². The average molecular weight is 309 g/mol. The molecular formula is C8H5BrS4. The fourth-order valence-electron chi connectivity index (χ4n) is 1.36. The molecule has 0 bridgehead atoms. The van der Waals surface area contributed by atoms with Crippen LogP contribution in [0.2, 0.25) is 0 Å². The molecule has 0 atom stereocenters. The van der Waals surface area contributed by atoms with Crippen LogP contribution in [0.1, 0.15) is 0 Å². The SMILES string of the molecule is Brc1c2c(cc3c1SCS3)SCS2. The third kappa shape index (κ3) is 1.47. The Bertz CT molecular complexity index is 345. The van der Waals surface area contributed by atoms with E-state index in [2.05, 4.69) is 22.0 Å². The van der Waals surface area contributed by atoms with Crippen LogP contribution in [0.25, 0.3) is 0 Å². The summed E-state index contributed by atoms with van der Waals surface area (Å²) in [5.74, 6) is 0. The maximum atomic E-state index is 3.71. The Morgan fingerprint density at radius 2 is 1.46 bits per heavy atom. The second-order valence-electron chi connectivity index (χ2n) is 2.66. The van der Waals surface area contributed by atoms with Gasteiger partial charge in [-0.1, -0.05) is 0 Å². The molecule has 2 heterocycles. The molecule has 5 heteroatoms. The van der Waals surface area contributed by atoms with Gasteiger partial charge >= 0.3 is 0 Å². The fraction of sp³-hybridized carbons (Fsp3) is 0.250. The summed E-state index contributed by atoms with van der Waals surface area (Å²) in [7, 11) is 0. The largest absolute Gasteiger partial charge is 0.114 e. The van der Waals surface area contributed by atoms with E-state index in [4.69, 9.17) is 0 Å². The van der Waals surface area contributed by atoms with Crippen molar-refractivity contribution in [3.05, 3.63) is 10.5 Å². The van der Waals surface area contributed by atoms with Crippen LogP contribution in [0.4, 0.5) is 0 Å². The van der Waals surface area contributed by atoms with E-state index in [-0.39, 0.29) is 0 Å². The zero-order valence-corrected chi connectivity index (χ0v) is 11.4. The second kappa shape index (κ2) is 3.59. The van der Waals surface area contributed by atoms with Crippen LogP contribution in [0.15, 0.2) is 30.1 Å². The summed E-state index contributed by atoms with van der Waals surface area (Å²) < 4.78 is 1.34. The van der Waals surface area contributed by atoms with Gasteiger partial charge in [0.05, 0.1) is 0 Å². The number of halogens is 1. The Kier molecular flexibility index (Phi) is 2.58. The van der Waals surface area contributed by atoms with E-state index < -0.39 is 0 Å². The molecule has 1 aromatic rings. The Balaban J connectivity index is 2.26. The molecule has 0 nitrogen and oxygen atoms in total. The first kappa shape index (κ1) is 9.33. The molecule has 0 spiro atoms. The van der Waals surface area contributed by atoms with E-state index in [1.807, 2.05) is 47.0 Å². The highest BCUT2D eigenvalue weighted by molar-refractivity contribution is 9.10. The predicted octanol–water partition coefficient (Wildman–Crippen LogP) is 4.76. The van der Waals surface area contributed by atoms with E-state index in [1.165, 1.54) is 34.2 Å². The minimum absolute atomic E-state index is 1.17. The average Bonchev–Trinajstić information content (AvgIpc) is 2.71. The van der Waals surface area contributed by atoms with Crippen molar-refractivity contribution in [2.24, 2.45) is 0 Å². The molecule has 2 aliphatic rings. The summed E-state index contributed by atoms with van der Waals surface area (Å²) >= 11 is 11.5. The van der Waals surface area contributed by atoms with Crippen LogP contribution >= 0.6 is 63.0 Å². The van der Waals surface area contributed by atoms with Crippen molar-refractivity contribution in [2.45, 2.75) is 19.6 Å². The van der Waals surface area contributed by atoms with Crippen molar-refractivity contribution >= 4 is 63.0 Å². The number of hydrogen-bond donors (Lipinski definition) is 0. The van der Waals surface area contributed by atoms with Gasteiger partial charge in [-0.25, -0.2) is 0 Å².